The molecule has 3 rings (SSSR count). The molecular formula is C15H10O3S. The SMILES string of the molecule is O=C(O)c1csc2cc(-c3ccc(O)cc3)ccc12. The molecule has 4 heteroatoms. The molecule has 19 heavy (non-hydrogen) atoms. The third-order valence-electron chi connectivity index (χ3n) is 3.01. The van der Waals surface area contributed by atoms with Crippen molar-refractivity contribution in [3.63, 3.8) is 0 Å². The van der Waals surface area contributed by atoms with E-state index in [0.29, 0.717) is 5.56 Å². The Morgan fingerprint density at radius 1 is 1.00 bits per heavy atom. The van der Waals surface area contributed by atoms with Crippen LogP contribution in [0, 0.1) is 0 Å². The van der Waals surface area contributed by atoms with E-state index in [-0.39, 0.29) is 5.75 Å². The standard InChI is InChI=1S/C15H10O3S/c16-11-4-1-9(2-5-11)10-3-6-12-13(15(17)18)8-19-14(12)7-10/h1-8,16H,(H,17,18). The Balaban J connectivity index is 2.12. The minimum absolute atomic E-state index is 0.231. The van der Waals surface area contributed by atoms with Crippen LogP contribution in [0.25, 0.3) is 21.2 Å². The second-order valence-electron chi connectivity index (χ2n) is 4.21. The van der Waals surface area contributed by atoms with Gasteiger partial charge in [0.15, 0.2) is 0 Å². The predicted molar refractivity (Wildman–Crippen MR) is 75.9 cm³/mol. The number of aromatic hydroxyl groups is 1. The first kappa shape index (κ1) is 11.7. The monoisotopic (exact) mass is 270 g/mol. The van der Waals surface area contributed by atoms with Crippen LogP contribution in [0.1, 0.15) is 10.4 Å². The van der Waals surface area contributed by atoms with Gasteiger partial charge in [0.05, 0.1) is 5.56 Å². The maximum absolute atomic E-state index is 11.0. The molecule has 1 aromatic heterocycles. The minimum atomic E-state index is -0.899. The Hall–Kier alpha value is -2.33. The molecule has 0 unspecified atom stereocenters. The van der Waals surface area contributed by atoms with Gasteiger partial charge in [-0.1, -0.05) is 24.3 Å². The largest absolute Gasteiger partial charge is 0.508 e. The van der Waals surface area contributed by atoms with Crippen LogP contribution in [0.4, 0.5) is 0 Å². The lowest BCUT2D eigenvalue weighted by Crippen LogP contribution is -1.93. The number of carbonyl (C=O) groups is 1. The molecule has 0 atom stereocenters. The van der Waals surface area contributed by atoms with Gasteiger partial charge < -0.3 is 10.2 Å². The van der Waals surface area contributed by atoms with Gasteiger partial charge in [-0.15, -0.1) is 11.3 Å². The molecule has 0 amide bonds. The van der Waals surface area contributed by atoms with E-state index in [1.807, 2.05) is 30.3 Å². The smallest absolute Gasteiger partial charge is 0.337 e. The van der Waals surface area contributed by atoms with Gasteiger partial charge in [0.25, 0.3) is 0 Å². The number of carboxylic acids is 1. The highest BCUT2D eigenvalue weighted by Gasteiger charge is 2.11. The molecule has 1 heterocycles. The lowest BCUT2D eigenvalue weighted by Gasteiger charge is -2.02. The first-order valence-electron chi connectivity index (χ1n) is 5.69. The number of phenolic OH excluding ortho intramolecular Hbond substituents is 1. The van der Waals surface area contributed by atoms with Crippen LogP contribution in [-0.4, -0.2) is 16.2 Å². The molecule has 0 saturated carbocycles. The highest BCUT2D eigenvalue weighted by Crippen LogP contribution is 2.31. The zero-order valence-corrected chi connectivity index (χ0v) is 10.6. The number of aromatic carboxylic acids is 1. The summed E-state index contributed by atoms with van der Waals surface area (Å²) in [6.45, 7) is 0. The fourth-order valence-electron chi connectivity index (χ4n) is 2.03. The summed E-state index contributed by atoms with van der Waals surface area (Å²) in [6.07, 6.45) is 0. The van der Waals surface area contributed by atoms with E-state index < -0.39 is 5.97 Å². The van der Waals surface area contributed by atoms with Crippen molar-refractivity contribution in [2.24, 2.45) is 0 Å². The summed E-state index contributed by atoms with van der Waals surface area (Å²) in [5.74, 6) is -0.669. The summed E-state index contributed by atoms with van der Waals surface area (Å²) in [5, 5.41) is 20.8. The number of hydrogen-bond acceptors (Lipinski definition) is 3. The number of carboxylic acid groups (broad SMARTS) is 1. The molecule has 3 aromatic rings. The first-order chi connectivity index (χ1) is 9.15. The molecule has 0 bridgehead atoms. The topological polar surface area (TPSA) is 57.5 Å². The molecule has 0 radical (unpaired) electrons. The maximum atomic E-state index is 11.0. The Kier molecular flexibility index (Phi) is 2.72. The van der Waals surface area contributed by atoms with Crippen molar-refractivity contribution in [1.29, 1.82) is 0 Å². The summed E-state index contributed by atoms with van der Waals surface area (Å²) >= 11 is 1.42. The molecule has 2 aromatic carbocycles. The van der Waals surface area contributed by atoms with Crippen molar-refractivity contribution in [3.8, 4) is 16.9 Å². The van der Waals surface area contributed by atoms with E-state index in [2.05, 4.69) is 0 Å². The number of thiophene rings is 1. The van der Waals surface area contributed by atoms with Crippen molar-refractivity contribution < 1.29 is 15.0 Å². The Morgan fingerprint density at radius 2 is 1.68 bits per heavy atom. The minimum Gasteiger partial charge on any atom is -0.508 e. The van der Waals surface area contributed by atoms with Crippen LogP contribution in [0.2, 0.25) is 0 Å². The fourth-order valence-corrected chi connectivity index (χ4v) is 3.00. The second-order valence-corrected chi connectivity index (χ2v) is 5.12. The quantitative estimate of drug-likeness (QED) is 0.740. The van der Waals surface area contributed by atoms with E-state index in [9.17, 15) is 9.90 Å². The number of fused-ring (bicyclic) bond motifs is 1. The molecule has 0 saturated heterocycles. The summed E-state index contributed by atoms with van der Waals surface area (Å²) in [7, 11) is 0. The van der Waals surface area contributed by atoms with Crippen molar-refractivity contribution in [2.45, 2.75) is 0 Å². The number of rotatable bonds is 2. The molecule has 0 aliphatic heterocycles. The number of phenols is 1. The van der Waals surface area contributed by atoms with Crippen molar-refractivity contribution in [3.05, 3.63) is 53.4 Å². The Bertz CT molecular complexity index is 757. The fraction of sp³-hybridized carbons (Fsp3) is 0. The van der Waals surface area contributed by atoms with Crippen LogP contribution in [-0.2, 0) is 0 Å². The molecule has 3 nitrogen and oxygen atoms in total. The molecular weight excluding hydrogens is 260 g/mol. The van der Waals surface area contributed by atoms with Crippen LogP contribution in [0.15, 0.2) is 47.8 Å². The Morgan fingerprint density at radius 3 is 2.37 bits per heavy atom. The molecule has 0 fully saturated rings. The van der Waals surface area contributed by atoms with Gasteiger partial charge in [0.1, 0.15) is 5.75 Å². The van der Waals surface area contributed by atoms with E-state index in [4.69, 9.17) is 5.11 Å². The van der Waals surface area contributed by atoms with Gasteiger partial charge in [0.2, 0.25) is 0 Å². The summed E-state index contributed by atoms with van der Waals surface area (Å²) < 4.78 is 0.947. The van der Waals surface area contributed by atoms with Gasteiger partial charge in [0, 0.05) is 15.5 Å². The zero-order chi connectivity index (χ0) is 13.4. The molecule has 0 aliphatic rings. The van der Waals surface area contributed by atoms with Crippen molar-refractivity contribution in [1.82, 2.24) is 0 Å². The van der Waals surface area contributed by atoms with E-state index in [0.717, 1.165) is 21.2 Å². The lowest BCUT2D eigenvalue weighted by molar-refractivity contribution is 0.0699. The van der Waals surface area contributed by atoms with Gasteiger partial charge >= 0.3 is 5.97 Å². The first-order valence-corrected chi connectivity index (χ1v) is 6.57. The average Bonchev–Trinajstić information content (AvgIpc) is 2.82. The van der Waals surface area contributed by atoms with Crippen molar-refractivity contribution in [2.75, 3.05) is 0 Å². The third-order valence-corrected chi connectivity index (χ3v) is 3.95. The second kappa shape index (κ2) is 4.40. The van der Waals surface area contributed by atoms with Crippen molar-refractivity contribution >= 4 is 27.4 Å². The lowest BCUT2D eigenvalue weighted by atomic mass is 10.0. The number of hydrogen-bond donors (Lipinski definition) is 2. The van der Waals surface area contributed by atoms with E-state index >= 15 is 0 Å². The molecule has 2 N–H and O–H groups in total. The predicted octanol–water partition coefficient (Wildman–Crippen LogP) is 3.97. The highest BCUT2D eigenvalue weighted by molar-refractivity contribution is 7.17. The summed E-state index contributed by atoms with van der Waals surface area (Å²) in [6, 6.07) is 12.6. The average molecular weight is 270 g/mol. The van der Waals surface area contributed by atoms with E-state index in [1.54, 1.807) is 17.5 Å². The Labute approximate surface area is 113 Å². The third kappa shape index (κ3) is 2.06. The van der Waals surface area contributed by atoms with Crippen LogP contribution < -0.4 is 0 Å². The highest BCUT2D eigenvalue weighted by atomic mass is 32.1. The van der Waals surface area contributed by atoms with Gasteiger partial charge in [-0.2, -0.15) is 0 Å². The van der Waals surface area contributed by atoms with Gasteiger partial charge in [-0.25, -0.2) is 4.79 Å². The van der Waals surface area contributed by atoms with Crippen LogP contribution >= 0.6 is 11.3 Å². The summed E-state index contributed by atoms with van der Waals surface area (Å²) in [5.41, 5.74) is 2.34. The van der Waals surface area contributed by atoms with Gasteiger partial charge in [-0.05, 0) is 29.3 Å². The number of benzene rings is 2. The molecule has 94 valence electrons. The van der Waals surface area contributed by atoms with Crippen LogP contribution in [0.3, 0.4) is 0 Å². The van der Waals surface area contributed by atoms with E-state index in [1.165, 1.54) is 11.3 Å². The normalized spacial score (nSPS) is 10.7. The zero-order valence-electron chi connectivity index (χ0n) is 9.83. The molecule has 0 spiro atoms. The summed E-state index contributed by atoms with van der Waals surface area (Å²) in [4.78, 5) is 11.0. The van der Waals surface area contributed by atoms with Crippen LogP contribution in [0.5, 0.6) is 5.75 Å². The van der Waals surface area contributed by atoms with Gasteiger partial charge in [-0.3, -0.25) is 0 Å². The molecule has 0 aliphatic carbocycles. The maximum Gasteiger partial charge on any atom is 0.337 e.